The molecule has 0 bridgehead atoms. The van der Waals surface area contributed by atoms with Gasteiger partial charge in [-0.2, -0.15) is 0 Å². The molecule has 0 aromatic carbocycles. The fourth-order valence-corrected chi connectivity index (χ4v) is 2.87. The van der Waals surface area contributed by atoms with Crippen LogP contribution in [0.5, 0.6) is 0 Å². The summed E-state index contributed by atoms with van der Waals surface area (Å²) < 4.78 is 0. The smallest absolute Gasteiger partial charge is 0.0111 e. The van der Waals surface area contributed by atoms with E-state index in [1.807, 2.05) is 0 Å². The van der Waals surface area contributed by atoms with E-state index in [1.165, 1.54) is 51.6 Å². The van der Waals surface area contributed by atoms with Gasteiger partial charge in [-0.25, -0.2) is 0 Å². The Bertz CT molecular complexity index is 177. The van der Waals surface area contributed by atoms with Gasteiger partial charge < -0.3 is 10.6 Å². The van der Waals surface area contributed by atoms with Gasteiger partial charge in [-0.05, 0) is 44.6 Å². The molecule has 2 unspecified atom stereocenters. The first kappa shape index (κ1) is 10.4. The van der Waals surface area contributed by atoms with E-state index in [1.54, 1.807) is 0 Å². The van der Waals surface area contributed by atoms with Crippen LogP contribution in [0.4, 0.5) is 0 Å². The maximum atomic E-state index is 5.97. The Morgan fingerprint density at radius 1 is 1.21 bits per heavy atom. The Hall–Kier alpha value is -0.0800. The molecule has 2 rings (SSSR count). The van der Waals surface area contributed by atoms with Crippen LogP contribution in [0.25, 0.3) is 0 Å². The van der Waals surface area contributed by atoms with E-state index in [4.69, 9.17) is 5.73 Å². The van der Waals surface area contributed by atoms with E-state index in [0.717, 1.165) is 12.0 Å². The van der Waals surface area contributed by atoms with Crippen molar-refractivity contribution in [1.82, 2.24) is 4.90 Å². The highest BCUT2D eigenvalue weighted by Gasteiger charge is 2.29. The number of hydrogen-bond donors (Lipinski definition) is 1. The SMILES string of the molecule is CCN(CC1CCC1)C1CCC(N)C1. The molecule has 82 valence electrons. The van der Waals surface area contributed by atoms with Crippen molar-refractivity contribution >= 4 is 0 Å². The molecule has 0 saturated heterocycles. The normalized spacial score (nSPS) is 33.6. The first-order valence-electron chi connectivity index (χ1n) is 6.29. The quantitative estimate of drug-likeness (QED) is 0.745. The summed E-state index contributed by atoms with van der Waals surface area (Å²) >= 11 is 0. The van der Waals surface area contributed by atoms with E-state index in [9.17, 15) is 0 Å². The highest BCUT2D eigenvalue weighted by Crippen LogP contribution is 2.30. The fraction of sp³-hybridized carbons (Fsp3) is 1.00. The van der Waals surface area contributed by atoms with E-state index in [2.05, 4.69) is 11.8 Å². The second kappa shape index (κ2) is 4.63. The second-order valence-electron chi connectivity index (χ2n) is 5.11. The lowest BCUT2D eigenvalue weighted by molar-refractivity contribution is 0.139. The van der Waals surface area contributed by atoms with Crippen molar-refractivity contribution in [2.24, 2.45) is 11.7 Å². The van der Waals surface area contributed by atoms with Gasteiger partial charge in [-0.1, -0.05) is 13.3 Å². The average molecular weight is 196 g/mol. The molecule has 2 fully saturated rings. The Morgan fingerprint density at radius 2 is 2.00 bits per heavy atom. The van der Waals surface area contributed by atoms with Crippen LogP contribution in [0.1, 0.15) is 45.4 Å². The van der Waals surface area contributed by atoms with Crippen molar-refractivity contribution in [1.29, 1.82) is 0 Å². The van der Waals surface area contributed by atoms with Gasteiger partial charge in [0.2, 0.25) is 0 Å². The molecular weight excluding hydrogens is 172 g/mol. The lowest BCUT2D eigenvalue weighted by Crippen LogP contribution is -2.39. The molecule has 2 aliphatic rings. The van der Waals surface area contributed by atoms with Gasteiger partial charge in [-0.3, -0.25) is 0 Å². The predicted octanol–water partition coefficient (Wildman–Crippen LogP) is 1.99. The van der Waals surface area contributed by atoms with Crippen molar-refractivity contribution in [2.75, 3.05) is 13.1 Å². The summed E-state index contributed by atoms with van der Waals surface area (Å²) in [5.41, 5.74) is 5.97. The summed E-state index contributed by atoms with van der Waals surface area (Å²) in [5, 5.41) is 0. The van der Waals surface area contributed by atoms with Crippen molar-refractivity contribution in [3.8, 4) is 0 Å². The zero-order valence-corrected chi connectivity index (χ0v) is 9.41. The summed E-state index contributed by atoms with van der Waals surface area (Å²) in [6.07, 6.45) is 8.21. The van der Waals surface area contributed by atoms with Gasteiger partial charge in [-0.15, -0.1) is 0 Å². The molecule has 0 spiro atoms. The molecule has 0 aliphatic heterocycles. The number of hydrogen-bond acceptors (Lipinski definition) is 2. The third kappa shape index (κ3) is 2.29. The molecule has 2 heteroatoms. The average Bonchev–Trinajstić information content (AvgIpc) is 2.50. The van der Waals surface area contributed by atoms with E-state index in [-0.39, 0.29) is 0 Å². The highest BCUT2D eigenvalue weighted by molar-refractivity contribution is 4.86. The van der Waals surface area contributed by atoms with Gasteiger partial charge in [0.1, 0.15) is 0 Å². The second-order valence-corrected chi connectivity index (χ2v) is 5.11. The monoisotopic (exact) mass is 196 g/mol. The number of nitrogens with two attached hydrogens (primary N) is 1. The lowest BCUT2D eigenvalue weighted by atomic mass is 9.85. The van der Waals surface area contributed by atoms with Crippen molar-refractivity contribution in [3.63, 3.8) is 0 Å². The van der Waals surface area contributed by atoms with E-state index in [0.29, 0.717) is 6.04 Å². The molecule has 2 saturated carbocycles. The Balaban J connectivity index is 1.79. The summed E-state index contributed by atoms with van der Waals surface area (Å²) in [4.78, 5) is 2.68. The van der Waals surface area contributed by atoms with Gasteiger partial charge in [0, 0.05) is 18.6 Å². The minimum Gasteiger partial charge on any atom is -0.328 e. The predicted molar refractivity (Wildman–Crippen MR) is 60.2 cm³/mol. The van der Waals surface area contributed by atoms with Gasteiger partial charge in [0.25, 0.3) is 0 Å². The zero-order valence-electron chi connectivity index (χ0n) is 9.41. The highest BCUT2D eigenvalue weighted by atomic mass is 15.2. The number of rotatable bonds is 4. The summed E-state index contributed by atoms with van der Waals surface area (Å²) in [6, 6.07) is 1.28. The van der Waals surface area contributed by atoms with Crippen LogP contribution in [0.2, 0.25) is 0 Å². The molecule has 2 nitrogen and oxygen atoms in total. The lowest BCUT2D eigenvalue weighted by Gasteiger charge is -2.35. The molecule has 2 N–H and O–H groups in total. The molecule has 2 aliphatic carbocycles. The minimum absolute atomic E-state index is 0.482. The summed E-state index contributed by atoms with van der Waals surface area (Å²) in [5.74, 6) is 1.01. The van der Waals surface area contributed by atoms with E-state index >= 15 is 0 Å². The maximum absolute atomic E-state index is 5.97. The van der Waals surface area contributed by atoms with Crippen LogP contribution >= 0.6 is 0 Å². The number of nitrogens with zero attached hydrogens (tertiary/aromatic N) is 1. The van der Waals surface area contributed by atoms with Crippen LogP contribution in [0.3, 0.4) is 0 Å². The molecule has 0 radical (unpaired) electrons. The summed E-state index contributed by atoms with van der Waals surface area (Å²) in [7, 11) is 0. The fourth-order valence-electron chi connectivity index (χ4n) is 2.87. The van der Waals surface area contributed by atoms with Crippen LogP contribution in [0.15, 0.2) is 0 Å². The van der Waals surface area contributed by atoms with Crippen LogP contribution in [-0.2, 0) is 0 Å². The summed E-state index contributed by atoms with van der Waals surface area (Å²) in [6.45, 7) is 4.85. The molecule has 14 heavy (non-hydrogen) atoms. The Labute approximate surface area is 87.8 Å². The maximum Gasteiger partial charge on any atom is 0.0111 e. The van der Waals surface area contributed by atoms with Crippen molar-refractivity contribution in [2.45, 2.75) is 57.5 Å². The third-order valence-electron chi connectivity index (χ3n) is 4.09. The van der Waals surface area contributed by atoms with Crippen LogP contribution in [-0.4, -0.2) is 30.1 Å². The van der Waals surface area contributed by atoms with Gasteiger partial charge in [0.15, 0.2) is 0 Å². The first-order valence-corrected chi connectivity index (χ1v) is 6.29. The molecule has 2 atom stereocenters. The van der Waals surface area contributed by atoms with Gasteiger partial charge >= 0.3 is 0 Å². The zero-order chi connectivity index (χ0) is 9.97. The molecular formula is C12H24N2. The van der Waals surface area contributed by atoms with E-state index < -0.39 is 0 Å². The Kier molecular flexibility index (Phi) is 3.45. The molecule has 0 aromatic heterocycles. The van der Waals surface area contributed by atoms with Crippen molar-refractivity contribution < 1.29 is 0 Å². The molecule has 0 aromatic rings. The standard InChI is InChI=1S/C12H24N2/c1-2-14(9-10-4-3-5-10)12-7-6-11(13)8-12/h10-12H,2-9,13H2,1H3. The molecule has 0 amide bonds. The largest absolute Gasteiger partial charge is 0.328 e. The first-order chi connectivity index (χ1) is 6.79. The van der Waals surface area contributed by atoms with Crippen LogP contribution < -0.4 is 5.73 Å². The van der Waals surface area contributed by atoms with Gasteiger partial charge in [0.05, 0.1) is 0 Å². The minimum atomic E-state index is 0.482. The molecule has 0 heterocycles. The van der Waals surface area contributed by atoms with Crippen LogP contribution in [0, 0.1) is 5.92 Å². The Morgan fingerprint density at radius 3 is 2.43 bits per heavy atom. The topological polar surface area (TPSA) is 29.3 Å². The van der Waals surface area contributed by atoms with Crippen molar-refractivity contribution in [3.05, 3.63) is 0 Å². The third-order valence-corrected chi connectivity index (χ3v) is 4.09.